The van der Waals surface area contributed by atoms with Crippen LogP contribution in [-0.4, -0.2) is 25.9 Å². The van der Waals surface area contributed by atoms with Crippen molar-refractivity contribution < 1.29 is 44.1 Å². The zero-order valence-corrected chi connectivity index (χ0v) is 17.7. The summed E-state index contributed by atoms with van der Waals surface area (Å²) in [6, 6.07) is 2.70. The average molecular weight is 490 g/mol. The fraction of sp³-hybridized carbons (Fsp3) is 0.150. The maximum atomic E-state index is 13.9. The van der Waals surface area contributed by atoms with Crippen LogP contribution in [0.3, 0.4) is 0 Å². The van der Waals surface area contributed by atoms with Crippen molar-refractivity contribution in [3.05, 3.63) is 59.2 Å². The van der Waals surface area contributed by atoms with Gasteiger partial charge in [0, 0.05) is 24.1 Å². The third-order valence-corrected chi connectivity index (χ3v) is 5.56. The zero-order valence-electron chi connectivity index (χ0n) is 16.9. The van der Waals surface area contributed by atoms with Crippen molar-refractivity contribution in [1.29, 1.82) is 0 Å². The number of rotatable bonds is 7. The van der Waals surface area contributed by atoms with Crippen molar-refractivity contribution >= 4 is 38.7 Å². The highest BCUT2D eigenvalue weighted by atomic mass is 32.2. The summed E-state index contributed by atoms with van der Waals surface area (Å²) in [5.74, 6) is -14.6. The van der Waals surface area contributed by atoms with E-state index in [0.717, 1.165) is 6.20 Å². The van der Waals surface area contributed by atoms with E-state index in [9.17, 15) is 35.2 Å². The Hall–Kier alpha value is -3.61. The summed E-state index contributed by atoms with van der Waals surface area (Å²) in [4.78, 5) is 13.6. The molecule has 0 saturated heterocycles. The topological polar surface area (TPSA) is 97.5 Å². The molecule has 0 atom stereocenters. The molecule has 1 aromatic heterocycles. The molecule has 7 nitrogen and oxygen atoms in total. The maximum Gasteiger partial charge on any atom is 0.341 e. The lowest BCUT2D eigenvalue weighted by Crippen LogP contribution is -2.14. The van der Waals surface area contributed by atoms with E-state index in [-0.39, 0.29) is 16.6 Å². The van der Waals surface area contributed by atoms with Crippen LogP contribution < -0.4 is 9.50 Å². The molecule has 2 N–H and O–H groups in total. The van der Waals surface area contributed by atoms with Crippen molar-refractivity contribution in [2.45, 2.75) is 18.7 Å². The summed E-state index contributed by atoms with van der Waals surface area (Å²) in [7, 11) is -5.09. The number of H-pyrrole nitrogens is 1. The van der Waals surface area contributed by atoms with Crippen LogP contribution >= 0.6 is 0 Å². The summed E-state index contributed by atoms with van der Waals surface area (Å²) in [6.07, 6.45) is 3.72. The monoisotopic (exact) mass is 490 g/mol. The lowest BCUT2D eigenvalue weighted by Gasteiger charge is -2.11. The second kappa shape index (κ2) is 9.10. The molecule has 1 amide bonds. The fourth-order valence-electron chi connectivity index (χ4n) is 2.88. The summed E-state index contributed by atoms with van der Waals surface area (Å²) >= 11 is 0. The first-order valence-corrected chi connectivity index (χ1v) is 10.6. The first-order valence-electron chi connectivity index (χ1n) is 9.15. The first-order chi connectivity index (χ1) is 15.5. The Kier molecular flexibility index (Phi) is 6.63. The number of anilines is 1. The molecule has 3 rings (SSSR count). The molecule has 3 aromatic rings. The number of aromatic amines is 1. The highest BCUT2D eigenvalue weighted by Gasteiger charge is 2.32. The number of carbonyl (C=O) groups excluding carboxylic acids is 1. The number of hydrogen-bond acceptors (Lipinski definition) is 5. The molecule has 13 heteroatoms. The Morgan fingerprint density at radius 1 is 1.06 bits per heavy atom. The number of fused-ring (bicyclic) bond motifs is 1. The lowest BCUT2D eigenvalue weighted by molar-refractivity contribution is -0.114. The number of aromatic nitrogens is 1. The molecule has 0 fully saturated rings. The van der Waals surface area contributed by atoms with E-state index in [1.54, 1.807) is 6.92 Å². The van der Waals surface area contributed by atoms with E-state index in [1.165, 1.54) is 31.4 Å². The Bertz CT molecular complexity index is 1360. The average Bonchev–Trinajstić information content (AvgIpc) is 3.21. The van der Waals surface area contributed by atoms with Crippen LogP contribution in [0.15, 0.2) is 29.5 Å². The van der Waals surface area contributed by atoms with Gasteiger partial charge >= 0.3 is 10.1 Å². The van der Waals surface area contributed by atoms with Gasteiger partial charge in [0.15, 0.2) is 0 Å². The van der Waals surface area contributed by atoms with E-state index in [2.05, 4.69) is 14.5 Å². The summed E-state index contributed by atoms with van der Waals surface area (Å²) in [5.41, 5.74) is 0.648. The Labute approximate surface area is 183 Å². The highest BCUT2D eigenvalue weighted by molar-refractivity contribution is 7.87. The van der Waals surface area contributed by atoms with E-state index in [4.69, 9.17) is 4.74 Å². The fourth-order valence-corrected chi connectivity index (χ4v) is 3.97. The molecule has 0 aliphatic rings. The van der Waals surface area contributed by atoms with Gasteiger partial charge in [-0.1, -0.05) is 12.1 Å². The van der Waals surface area contributed by atoms with Crippen LogP contribution in [0.25, 0.3) is 17.0 Å². The number of nitrogens with one attached hydrogen (secondary N) is 2. The van der Waals surface area contributed by atoms with E-state index < -0.39 is 55.8 Å². The Balaban J connectivity index is 2.14. The zero-order chi connectivity index (χ0) is 24.5. The van der Waals surface area contributed by atoms with Crippen molar-refractivity contribution in [3.63, 3.8) is 0 Å². The smallest absolute Gasteiger partial charge is 0.341 e. The second-order valence-electron chi connectivity index (χ2n) is 6.48. The molecule has 33 heavy (non-hydrogen) atoms. The van der Waals surface area contributed by atoms with Gasteiger partial charge in [-0.05, 0) is 13.0 Å². The Morgan fingerprint density at radius 3 is 2.24 bits per heavy atom. The normalized spacial score (nSPS) is 11.8. The van der Waals surface area contributed by atoms with Crippen LogP contribution in [0, 0.1) is 29.1 Å². The molecule has 2 aromatic carbocycles. The summed E-state index contributed by atoms with van der Waals surface area (Å²) < 4.78 is 103. The molecule has 0 aliphatic carbocycles. The lowest BCUT2D eigenvalue weighted by atomic mass is 10.1. The largest absolute Gasteiger partial charge is 0.501 e. The van der Waals surface area contributed by atoms with Gasteiger partial charge in [0.05, 0.1) is 24.1 Å². The third-order valence-electron chi connectivity index (χ3n) is 4.29. The number of benzene rings is 2. The van der Waals surface area contributed by atoms with Crippen molar-refractivity contribution in [3.8, 4) is 5.75 Å². The van der Waals surface area contributed by atoms with Crippen LogP contribution in [0.4, 0.5) is 27.6 Å². The van der Waals surface area contributed by atoms with Gasteiger partial charge in [-0.2, -0.15) is 17.2 Å². The minimum Gasteiger partial charge on any atom is -0.501 e. The van der Waals surface area contributed by atoms with Crippen LogP contribution in [0.5, 0.6) is 5.75 Å². The van der Waals surface area contributed by atoms with Crippen molar-refractivity contribution in [2.75, 3.05) is 11.9 Å². The quantitative estimate of drug-likeness (QED) is 0.166. The van der Waals surface area contributed by atoms with Gasteiger partial charge in [0.25, 0.3) is 0 Å². The minimum absolute atomic E-state index is 0.0865. The maximum absolute atomic E-state index is 13.9. The van der Waals surface area contributed by atoms with E-state index in [0.29, 0.717) is 12.2 Å². The van der Waals surface area contributed by atoms with Gasteiger partial charge in [-0.25, -0.2) is 13.2 Å². The predicted molar refractivity (Wildman–Crippen MR) is 107 cm³/mol. The third kappa shape index (κ3) is 4.49. The molecule has 0 unspecified atom stereocenters. The molecule has 0 bridgehead atoms. The van der Waals surface area contributed by atoms with Gasteiger partial charge in [-0.15, -0.1) is 0 Å². The number of ether oxygens (including phenoxy) is 1. The number of amides is 1. The standard InChI is InChI=1S/C20H15F5N2O5S/c1-3-31-7-6-10-4-5-11-12(8-26-19(11)18(10)27-9(2)28)33(29,30)32-20-16(24)14(22)13(21)15(23)17(20)25/h4-8,26H,3H2,1-2H3,(H,27,28)/b7-6+. The van der Waals surface area contributed by atoms with Gasteiger partial charge in [0.1, 0.15) is 4.90 Å². The summed E-state index contributed by atoms with van der Waals surface area (Å²) in [5, 5.41) is 2.44. The number of halogens is 5. The second-order valence-corrected chi connectivity index (χ2v) is 8.00. The number of carbonyl (C=O) groups is 1. The molecule has 0 radical (unpaired) electrons. The Morgan fingerprint density at radius 2 is 1.67 bits per heavy atom. The summed E-state index contributed by atoms with van der Waals surface area (Å²) in [6.45, 7) is 3.32. The van der Waals surface area contributed by atoms with Gasteiger partial charge in [0.2, 0.25) is 40.7 Å². The SMILES string of the molecule is CCO/C=C/c1ccc2c(S(=O)(=O)Oc3c(F)c(F)c(F)c(F)c3F)c[nH]c2c1NC(C)=O. The van der Waals surface area contributed by atoms with Gasteiger partial charge in [-0.3, -0.25) is 4.79 Å². The first kappa shape index (κ1) is 24.0. The van der Waals surface area contributed by atoms with Gasteiger partial charge < -0.3 is 19.2 Å². The highest BCUT2D eigenvalue weighted by Crippen LogP contribution is 2.35. The molecular weight excluding hydrogens is 475 g/mol. The van der Waals surface area contributed by atoms with Crippen molar-refractivity contribution in [2.24, 2.45) is 0 Å². The molecule has 0 aliphatic heterocycles. The molecule has 176 valence electrons. The molecule has 0 saturated carbocycles. The van der Waals surface area contributed by atoms with Crippen LogP contribution in [0.2, 0.25) is 0 Å². The molecule has 0 spiro atoms. The van der Waals surface area contributed by atoms with E-state index in [1.807, 2.05) is 0 Å². The van der Waals surface area contributed by atoms with Crippen LogP contribution in [-0.2, 0) is 19.6 Å². The molecular formula is C20H15F5N2O5S. The van der Waals surface area contributed by atoms with E-state index >= 15 is 0 Å². The van der Waals surface area contributed by atoms with Crippen molar-refractivity contribution in [1.82, 2.24) is 4.98 Å². The molecule has 1 heterocycles. The predicted octanol–water partition coefficient (Wildman–Crippen LogP) is 4.60. The minimum atomic E-state index is -5.09. The number of hydrogen-bond donors (Lipinski definition) is 2. The van der Waals surface area contributed by atoms with Crippen LogP contribution in [0.1, 0.15) is 19.4 Å².